The molecule has 0 fully saturated rings. The third kappa shape index (κ3) is 3.85. The third-order valence-corrected chi connectivity index (χ3v) is 3.82. The minimum atomic E-state index is -0.392. The van der Waals surface area contributed by atoms with Crippen LogP contribution in [0.3, 0.4) is 0 Å². The smallest absolute Gasteiger partial charge is 0.277 e. The molecule has 6 heteroatoms. The van der Waals surface area contributed by atoms with Gasteiger partial charge in [0.25, 0.3) is 5.91 Å². The minimum Gasteiger partial charge on any atom is -0.338 e. The number of hydrogen-bond donors (Lipinski definition) is 1. The fourth-order valence-corrected chi connectivity index (χ4v) is 2.63. The van der Waals surface area contributed by atoms with Crippen molar-refractivity contribution < 1.29 is 9.18 Å². The van der Waals surface area contributed by atoms with Crippen LogP contribution in [0.5, 0.6) is 0 Å². The molecule has 0 spiro atoms. The number of aryl methyl sites for hydroxylation is 1. The summed E-state index contributed by atoms with van der Waals surface area (Å²) in [5.74, 6) is 0.172. The zero-order valence-electron chi connectivity index (χ0n) is 14.6. The second kappa shape index (κ2) is 7.74. The van der Waals surface area contributed by atoms with Crippen molar-refractivity contribution in [1.82, 2.24) is 9.97 Å². The Labute approximate surface area is 151 Å². The molecule has 0 unspecified atom stereocenters. The topological polar surface area (TPSA) is 58.1 Å². The average Bonchev–Trinajstić information content (AvgIpc) is 2.64. The number of hydrogen-bond acceptors (Lipinski definition) is 4. The minimum absolute atomic E-state index is 0.235. The van der Waals surface area contributed by atoms with E-state index in [4.69, 9.17) is 0 Å². The number of amides is 1. The Morgan fingerprint density at radius 3 is 2.46 bits per heavy atom. The van der Waals surface area contributed by atoms with Crippen LogP contribution in [0, 0.1) is 12.7 Å². The molecular formula is C20H19FN4O. The van der Waals surface area contributed by atoms with Crippen LogP contribution in [0.25, 0.3) is 0 Å². The number of rotatable bonds is 5. The molecule has 132 valence electrons. The Balaban J connectivity index is 1.91. The number of nitrogens with zero attached hydrogens (tertiary/aromatic N) is 3. The molecule has 3 aromatic rings. The lowest BCUT2D eigenvalue weighted by molar-refractivity contribution is 0.0983. The first kappa shape index (κ1) is 17.5. The molecule has 5 nitrogen and oxygen atoms in total. The van der Waals surface area contributed by atoms with Gasteiger partial charge in [-0.05, 0) is 38.1 Å². The Bertz CT molecular complexity index is 915. The molecule has 0 saturated carbocycles. The number of nitrogens with one attached hydrogen (secondary N) is 1. The van der Waals surface area contributed by atoms with Crippen molar-refractivity contribution in [2.45, 2.75) is 13.8 Å². The molecule has 0 saturated heterocycles. The summed E-state index contributed by atoms with van der Waals surface area (Å²) < 4.78 is 13.9. The van der Waals surface area contributed by atoms with Gasteiger partial charge in [0.1, 0.15) is 23.2 Å². The summed E-state index contributed by atoms with van der Waals surface area (Å²) >= 11 is 0. The lowest BCUT2D eigenvalue weighted by Crippen LogP contribution is -2.31. The molecule has 0 aliphatic heterocycles. The van der Waals surface area contributed by atoms with Crippen molar-refractivity contribution in [3.8, 4) is 0 Å². The van der Waals surface area contributed by atoms with E-state index in [2.05, 4.69) is 15.3 Å². The van der Waals surface area contributed by atoms with Gasteiger partial charge < -0.3 is 10.2 Å². The number of aromatic nitrogens is 2. The molecule has 26 heavy (non-hydrogen) atoms. The van der Waals surface area contributed by atoms with Gasteiger partial charge in [-0.1, -0.05) is 30.3 Å². The summed E-state index contributed by atoms with van der Waals surface area (Å²) in [4.78, 5) is 23.1. The normalized spacial score (nSPS) is 10.4. The van der Waals surface area contributed by atoms with Gasteiger partial charge in [0.2, 0.25) is 0 Å². The summed E-state index contributed by atoms with van der Waals surface area (Å²) in [6, 6.07) is 17.2. The van der Waals surface area contributed by atoms with Gasteiger partial charge >= 0.3 is 0 Å². The van der Waals surface area contributed by atoms with E-state index in [0.29, 0.717) is 23.9 Å². The highest BCUT2D eigenvalue weighted by atomic mass is 19.1. The number of anilines is 3. The van der Waals surface area contributed by atoms with Gasteiger partial charge in [-0.2, -0.15) is 0 Å². The molecule has 0 radical (unpaired) electrons. The SMILES string of the molecule is CCN(C(=O)c1cc(Nc2ccccc2F)nc(C)n1)c1ccccc1. The van der Waals surface area contributed by atoms with E-state index in [1.807, 2.05) is 37.3 Å². The van der Waals surface area contributed by atoms with E-state index < -0.39 is 5.82 Å². The van der Waals surface area contributed by atoms with Crippen LogP contribution in [-0.4, -0.2) is 22.4 Å². The van der Waals surface area contributed by atoms with E-state index in [1.165, 1.54) is 12.1 Å². The first-order valence-corrected chi connectivity index (χ1v) is 8.32. The third-order valence-electron chi connectivity index (χ3n) is 3.82. The summed E-state index contributed by atoms with van der Waals surface area (Å²) in [6.45, 7) is 4.10. The molecule has 1 heterocycles. The lowest BCUT2D eigenvalue weighted by atomic mass is 10.2. The van der Waals surface area contributed by atoms with Gasteiger partial charge in [-0.3, -0.25) is 4.79 Å². The summed E-state index contributed by atoms with van der Waals surface area (Å²) in [6.07, 6.45) is 0. The van der Waals surface area contributed by atoms with Crippen LogP contribution in [0.15, 0.2) is 60.7 Å². The lowest BCUT2D eigenvalue weighted by Gasteiger charge is -2.21. The number of halogens is 1. The average molecular weight is 350 g/mol. The van der Waals surface area contributed by atoms with Crippen molar-refractivity contribution in [3.05, 3.63) is 78.0 Å². The summed E-state index contributed by atoms with van der Waals surface area (Å²) in [5.41, 5.74) is 1.33. The quantitative estimate of drug-likeness (QED) is 0.744. The summed E-state index contributed by atoms with van der Waals surface area (Å²) in [5, 5.41) is 2.91. The van der Waals surface area contributed by atoms with E-state index in [9.17, 15) is 9.18 Å². The number of carbonyl (C=O) groups excluding carboxylic acids is 1. The van der Waals surface area contributed by atoms with Crippen LogP contribution >= 0.6 is 0 Å². The van der Waals surface area contributed by atoms with Gasteiger partial charge in [-0.25, -0.2) is 14.4 Å². The molecule has 0 atom stereocenters. The standard InChI is InChI=1S/C20H19FN4O/c1-3-25(15-9-5-4-6-10-15)20(26)18-13-19(23-14(2)22-18)24-17-12-8-7-11-16(17)21/h4-13H,3H2,1-2H3,(H,22,23,24). The van der Waals surface area contributed by atoms with Crippen molar-refractivity contribution in [1.29, 1.82) is 0 Å². The molecule has 0 aliphatic carbocycles. The predicted molar refractivity (Wildman–Crippen MR) is 100 cm³/mol. The number of para-hydroxylation sites is 2. The fraction of sp³-hybridized carbons (Fsp3) is 0.150. The maximum absolute atomic E-state index is 13.9. The van der Waals surface area contributed by atoms with Crippen LogP contribution in [-0.2, 0) is 0 Å². The first-order chi connectivity index (χ1) is 12.6. The second-order valence-corrected chi connectivity index (χ2v) is 5.68. The molecule has 1 amide bonds. The maximum Gasteiger partial charge on any atom is 0.277 e. The predicted octanol–water partition coefficient (Wildman–Crippen LogP) is 4.33. The molecule has 1 aromatic heterocycles. The van der Waals surface area contributed by atoms with Crippen LogP contribution in [0.2, 0.25) is 0 Å². The van der Waals surface area contributed by atoms with Gasteiger partial charge in [0.05, 0.1) is 5.69 Å². The zero-order chi connectivity index (χ0) is 18.5. The Hall–Kier alpha value is -3.28. The molecule has 3 rings (SSSR count). The Morgan fingerprint density at radius 1 is 1.08 bits per heavy atom. The van der Waals surface area contributed by atoms with E-state index in [-0.39, 0.29) is 11.6 Å². The largest absolute Gasteiger partial charge is 0.338 e. The van der Waals surface area contributed by atoms with Crippen LogP contribution in [0.4, 0.5) is 21.6 Å². The van der Waals surface area contributed by atoms with Gasteiger partial charge in [0, 0.05) is 18.3 Å². The van der Waals surface area contributed by atoms with Crippen molar-refractivity contribution in [3.63, 3.8) is 0 Å². The zero-order valence-corrected chi connectivity index (χ0v) is 14.6. The van der Waals surface area contributed by atoms with E-state index >= 15 is 0 Å². The highest BCUT2D eigenvalue weighted by molar-refractivity contribution is 6.05. The van der Waals surface area contributed by atoms with Crippen LogP contribution < -0.4 is 10.2 Å². The first-order valence-electron chi connectivity index (χ1n) is 8.32. The molecular weight excluding hydrogens is 331 g/mol. The highest BCUT2D eigenvalue weighted by Gasteiger charge is 2.19. The van der Waals surface area contributed by atoms with Crippen molar-refractivity contribution in [2.24, 2.45) is 0 Å². The van der Waals surface area contributed by atoms with Crippen LogP contribution in [0.1, 0.15) is 23.2 Å². The van der Waals surface area contributed by atoms with E-state index in [0.717, 1.165) is 5.69 Å². The van der Waals surface area contributed by atoms with E-state index in [1.54, 1.807) is 30.0 Å². The van der Waals surface area contributed by atoms with Gasteiger partial charge in [-0.15, -0.1) is 0 Å². The molecule has 2 aromatic carbocycles. The Morgan fingerprint density at radius 2 is 1.77 bits per heavy atom. The summed E-state index contributed by atoms with van der Waals surface area (Å²) in [7, 11) is 0. The number of benzene rings is 2. The maximum atomic E-state index is 13.9. The number of carbonyl (C=O) groups is 1. The molecule has 0 aliphatic rings. The highest BCUT2D eigenvalue weighted by Crippen LogP contribution is 2.21. The fourth-order valence-electron chi connectivity index (χ4n) is 2.63. The molecule has 1 N–H and O–H groups in total. The monoisotopic (exact) mass is 350 g/mol. The van der Waals surface area contributed by atoms with Gasteiger partial charge in [0.15, 0.2) is 0 Å². The Kier molecular flexibility index (Phi) is 5.22. The van der Waals surface area contributed by atoms with Crippen molar-refractivity contribution >= 4 is 23.1 Å². The molecule has 0 bridgehead atoms. The van der Waals surface area contributed by atoms with Crippen molar-refractivity contribution in [2.75, 3.05) is 16.8 Å². The second-order valence-electron chi connectivity index (χ2n) is 5.68.